The molecule has 0 saturated carbocycles. The van der Waals surface area contributed by atoms with Crippen molar-refractivity contribution in [1.29, 1.82) is 0 Å². The number of hydrogen-bond donors (Lipinski definition) is 2. The molecular formula is C18H18N4O2. The summed E-state index contributed by atoms with van der Waals surface area (Å²) in [7, 11) is 0. The molecular weight excluding hydrogens is 304 g/mol. The van der Waals surface area contributed by atoms with E-state index in [0.29, 0.717) is 18.7 Å². The number of carboxylic acid groups (broad SMARTS) is 1. The van der Waals surface area contributed by atoms with E-state index in [9.17, 15) is 9.90 Å². The number of hydrogen-bond acceptors (Lipinski definition) is 4. The van der Waals surface area contributed by atoms with E-state index < -0.39 is 11.9 Å². The second-order valence-electron chi connectivity index (χ2n) is 5.70. The zero-order valence-electron chi connectivity index (χ0n) is 13.0. The maximum atomic E-state index is 11.9. The van der Waals surface area contributed by atoms with Crippen molar-refractivity contribution >= 4 is 5.97 Å². The molecule has 24 heavy (non-hydrogen) atoms. The molecule has 2 aromatic carbocycles. The summed E-state index contributed by atoms with van der Waals surface area (Å²) < 4.78 is 0. The molecule has 0 spiro atoms. The third-order valence-electron chi connectivity index (χ3n) is 4.09. The molecule has 3 aromatic rings. The number of nitrogens with one attached hydrogen (secondary N) is 1. The fraction of sp³-hybridized carbons (Fsp3) is 0.222. The third-order valence-corrected chi connectivity index (χ3v) is 4.09. The minimum Gasteiger partial charge on any atom is -0.481 e. The van der Waals surface area contributed by atoms with Crippen molar-refractivity contribution in [3.05, 3.63) is 77.6 Å². The number of carbonyl (C=O) groups is 1. The lowest BCUT2D eigenvalue weighted by Crippen LogP contribution is -2.27. The van der Waals surface area contributed by atoms with Crippen LogP contribution in [0.5, 0.6) is 0 Å². The summed E-state index contributed by atoms with van der Waals surface area (Å²) in [6, 6.07) is 19.4. The lowest BCUT2D eigenvalue weighted by Gasteiger charge is -2.21. The molecule has 1 heterocycles. The van der Waals surface area contributed by atoms with Gasteiger partial charge in [0.2, 0.25) is 0 Å². The molecule has 6 heteroatoms. The normalized spacial score (nSPS) is 13.3. The van der Waals surface area contributed by atoms with E-state index in [1.54, 1.807) is 0 Å². The molecule has 2 unspecified atom stereocenters. The highest BCUT2D eigenvalue weighted by Gasteiger charge is 2.32. The monoisotopic (exact) mass is 322 g/mol. The maximum absolute atomic E-state index is 11.9. The minimum absolute atomic E-state index is 0.358. The van der Waals surface area contributed by atoms with E-state index in [-0.39, 0.29) is 5.92 Å². The first-order valence-corrected chi connectivity index (χ1v) is 7.78. The minimum atomic E-state index is -0.857. The van der Waals surface area contributed by atoms with E-state index in [0.717, 1.165) is 11.1 Å². The number of carboxylic acids is 1. The molecule has 0 aliphatic carbocycles. The zero-order chi connectivity index (χ0) is 16.8. The van der Waals surface area contributed by atoms with Crippen LogP contribution in [-0.4, -0.2) is 31.7 Å². The smallest absolute Gasteiger partial charge is 0.307 e. The van der Waals surface area contributed by atoms with Gasteiger partial charge in [0.25, 0.3) is 0 Å². The first-order chi connectivity index (χ1) is 11.7. The summed E-state index contributed by atoms with van der Waals surface area (Å²) in [5, 5.41) is 23.9. The molecule has 1 aromatic heterocycles. The molecule has 2 N–H and O–H groups in total. The van der Waals surface area contributed by atoms with Gasteiger partial charge in [-0.1, -0.05) is 65.9 Å². The summed E-state index contributed by atoms with van der Waals surface area (Å²) in [6.07, 6.45) is 0.965. The Bertz CT molecular complexity index is 760. The fourth-order valence-corrected chi connectivity index (χ4v) is 2.88. The molecule has 0 bridgehead atoms. The van der Waals surface area contributed by atoms with Crippen LogP contribution < -0.4 is 0 Å². The van der Waals surface area contributed by atoms with Gasteiger partial charge in [-0.15, -0.1) is 10.2 Å². The number of H-pyrrole nitrogens is 1. The van der Waals surface area contributed by atoms with Crippen LogP contribution in [0, 0.1) is 5.92 Å². The quantitative estimate of drug-likeness (QED) is 0.697. The predicted molar refractivity (Wildman–Crippen MR) is 88.3 cm³/mol. The van der Waals surface area contributed by atoms with Crippen LogP contribution >= 0.6 is 0 Å². The second-order valence-corrected chi connectivity index (χ2v) is 5.70. The number of aliphatic carboxylic acids is 1. The lowest BCUT2D eigenvalue weighted by atomic mass is 9.82. The standard InChI is InChI=1S/C18H18N4O2/c23-18(24)16(12-14-9-5-2-6-10-14)15(17-19-21-22-20-17)11-13-7-3-1-4-8-13/h1-10,15-16H,11-12H2,(H,23,24)(H,19,20,21,22). The number of tetrazole rings is 1. The Hall–Kier alpha value is -3.02. The Morgan fingerprint density at radius 2 is 1.54 bits per heavy atom. The zero-order valence-corrected chi connectivity index (χ0v) is 13.0. The number of aromatic amines is 1. The Kier molecular flexibility index (Phi) is 4.96. The Labute approximate surface area is 139 Å². The Morgan fingerprint density at radius 3 is 2.04 bits per heavy atom. The summed E-state index contributed by atoms with van der Waals surface area (Å²) in [5.74, 6) is -1.42. The molecule has 122 valence electrons. The number of aromatic nitrogens is 4. The molecule has 6 nitrogen and oxygen atoms in total. The Balaban J connectivity index is 1.90. The summed E-state index contributed by atoms with van der Waals surface area (Å²) >= 11 is 0. The molecule has 0 radical (unpaired) electrons. The van der Waals surface area contributed by atoms with Gasteiger partial charge in [0.05, 0.1) is 5.92 Å². The van der Waals surface area contributed by atoms with Crippen LogP contribution in [0.4, 0.5) is 0 Å². The number of nitrogens with zero attached hydrogens (tertiary/aromatic N) is 3. The molecule has 0 saturated heterocycles. The van der Waals surface area contributed by atoms with E-state index >= 15 is 0 Å². The van der Waals surface area contributed by atoms with E-state index in [1.807, 2.05) is 60.7 Å². The van der Waals surface area contributed by atoms with Crippen molar-refractivity contribution in [2.75, 3.05) is 0 Å². The molecule has 3 rings (SSSR count). The summed E-state index contributed by atoms with van der Waals surface area (Å²) in [6.45, 7) is 0. The van der Waals surface area contributed by atoms with Crippen molar-refractivity contribution in [3.8, 4) is 0 Å². The first-order valence-electron chi connectivity index (χ1n) is 7.78. The fourth-order valence-electron chi connectivity index (χ4n) is 2.88. The highest BCUT2D eigenvalue weighted by molar-refractivity contribution is 5.71. The number of rotatable bonds is 7. The van der Waals surface area contributed by atoms with Gasteiger partial charge in [0.15, 0.2) is 5.82 Å². The van der Waals surface area contributed by atoms with Crippen LogP contribution in [0.1, 0.15) is 22.9 Å². The maximum Gasteiger partial charge on any atom is 0.307 e. The van der Waals surface area contributed by atoms with Crippen LogP contribution in [0.15, 0.2) is 60.7 Å². The SMILES string of the molecule is O=C(O)C(Cc1ccccc1)C(Cc1ccccc1)c1nn[nH]n1. The van der Waals surface area contributed by atoms with Gasteiger partial charge in [0.1, 0.15) is 0 Å². The highest BCUT2D eigenvalue weighted by atomic mass is 16.4. The van der Waals surface area contributed by atoms with Crippen molar-refractivity contribution in [2.45, 2.75) is 18.8 Å². The van der Waals surface area contributed by atoms with E-state index in [1.165, 1.54) is 0 Å². The number of benzene rings is 2. The molecule has 0 aliphatic heterocycles. The second kappa shape index (κ2) is 7.50. The van der Waals surface area contributed by atoms with Crippen molar-refractivity contribution < 1.29 is 9.90 Å². The van der Waals surface area contributed by atoms with Crippen molar-refractivity contribution in [1.82, 2.24) is 20.6 Å². The van der Waals surface area contributed by atoms with Crippen LogP contribution in [-0.2, 0) is 17.6 Å². The predicted octanol–water partition coefficient (Wildman–Crippen LogP) is 2.47. The van der Waals surface area contributed by atoms with Crippen LogP contribution in [0.25, 0.3) is 0 Å². The molecule has 2 atom stereocenters. The van der Waals surface area contributed by atoms with Gasteiger partial charge in [-0.3, -0.25) is 4.79 Å². The topological polar surface area (TPSA) is 91.8 Å². The first kappa shape index (κ1) is 15.9. The summed E-state index contributed by atoms with van der Waals surface area (Å²) in [4.78, 5) is 11.9. The van der Waals surface area contributed by atoms with Gasteiger partial charge in [-0.2, -0.15) is 5.21 Å². The lowest BCUT2D eigenvalue weighted by molar-refractivity contribution is -0.142. The summed E-state index contributed by atoms with van der Waals surface area (Å²) in [5.41, 5.74) is 2.03. The van der Waals surface area contributed by atoms with Gasteiger partial charge in [-0.25, -0.2) is 0 Å². The van der Waals surface area contributed by atoms with Gasteiger partial charge in [0, 0.05) is 5.92 Å². The largest absolute Gasteiger partial charge is 0.481 e. The highest BCUT2D eigenvalue weighted by Crippen LogP contribution is 2.29. The van der Waals surface area contributed by atoms with Gasteiger partial charge >= 0.3 is 5.97 Å². The molecule has 0 aliphatic rings. The van der Waals surface area contributed by atoms with Crippen molar-refractivity contribution in [2.24, 2.45) is 5.92 Å². The van der Waals surface area contributed by atoms with E-state index in [4.69, 9.17) is 0 Å². The van der Waals surface area contributed by atoms with Gasteiger partial charge in [-0.05, 0) is 24.0 Å². The van der Waals surface area contributed by atoms with Gasteiger partial charge < -0.3 is 5.11 Å². The molecule has 0 amide bonds. The average Bonchev–Trinajstić information content (AvgIpc) is 3.14. The van der Waals surface area contributed by atoms with Crippen molar-refractivity contribution in [3.63, 3.8) is 0 Å². The molecule has 0 fully saturated rings. The van der Waals surface area contributed by atoms with Crippen LogP contribution in [0.3, 0.4) is 0 Å². The third kappa shape index (κ3) is 3.84. The Morgan fingerprint density at radius 1 is 0.958 bits per heavy atom. The average molecular weight is 322 g/mol. The van der Waals surface area contributed by atoms with Crippen LogP contribution in [0.2, 0.25) is 0 Å². The van der Waals surface area contributed by atoms with E-state index in [2.05, 4.69) is 20.6 Å².